The third kappa shape index (κ3) is 3.65. The van der Waals surface area contributed by atoms with Gasteiger partial charge in [0.2, 0.25) is 0 Å². The van der Waals surface area contributed by atoms with Gasteiger partial charge in [-0.3, -0.25) is 4.90 Å². The van der Waals surface area contributed by atoms with Crippen LogP contribution in [0.1, 0.15) is 32.3 Å². The van der Waals surface area contributed by atoms with Gasteiger partial charge >= 0.3 is 0 Å². The van der Waals surface area contributed by atoms with Gasteiger partial charge in [-0.25, -0.2) is 0 Å². The molecule has 1 aliphatic rings. The Hall–Kier alpha value is -0.900. The van der Waals surface area contributed by atoms with Gasteiger partial charge in [-0.05, 0) is 31.9 Å². The summed E-state index contributed by atoms with van der Waals surface area (Å²) < 4.78 is 0. The summed E-state index contributed by atoms with van der Waals surface area (Å²) in [7, 11) is 2.25. The maximum absolute atomic E-state index is 6.26. The second-order valence-corrected chi connectivity index (χ2v) is 6.43. The van der Waals surface area contributed by atoms with Crippen LogP contribution < -0.4 is 5.73 Å². The third-order valence-corrected chi connectivity index (χ3v) is 5.33. The number of nitrogens with two attached hydrogens (primary N) is 1. The van der Waals surface area contributed by atoms with Crippen LogP contribution in [0.4, 0.5) is 0 Å². The lowest BCUT2D eigenvalue weighted by Crippen LogP contribution is -2.63. The Kier molecular flexibility index (Phi) is 5.80. The molecule has 2 N–H and O–H groups in total. The third-order valence-electron chi connectivity index (χ3n) is 5.33. The molecular formula is C18H31N3. The second kappa shape index (κ2) is 7.39. The fourth-order valence-corrected chi connectivity index (χ4v) is 3.60. The van der Waals surface area contributed by atoms with Crippen molar-refractivity contribution in [2.45, 2.75) is 44.7 Å². The van der Waals surface area contributed by atoms with Gasteiger partial charge in [-0.15, -0.1) is 0 Å². The van der Waals surface area contributed by atoms with Gasteiger partial charge in [0.15, 0.2) is 0 Å². The first-order valence-corrected chi connectivity index (χ1v) is 8.34. The molecule has 1 heterocycles. The van der Waals surface area contributed by atoms with Gasteiger partial charge < -0.3 is 10.6 Å². The van der Waals surface area contributed by atoms with Crippen molar-refractivity contribution in [3.05, 3.63) is 35.9 Å². The van der Waals surface area contributed by atoms with Crippen LogP contribution in [0.3, 0.4) is 0 Å². The average molecular weight is 289 g/mol. The van der Waals surface area contributed by atoms with Crippen LogP contribution >= 0.6 is 0 Å². The normalized spacial score (nSPS) is 23.9. The number of rotatable bonds is 6. The first-order chi connectivity index (χ1) is 10.1. The van der Waals surface area contributed by atoms with Crippen LogP contribution in [0.15, 0.2) is 30.3 Å². The molecule has 3 nitrogen and oxygen atoms in total. The fraction of sp³-hybridized carbons (Fsp3) is 0.667. The Morgan fingerprint density at radius 3 is 2.48 bits per heavy atom. The highest BCUT2D eigenvalue weighted by atomic mass is 15.3. The van der Waals surface area contributed by atoms with E-state index in [1.54, 1.807) is 0 Å². The maximum atomic E-state index is 6.26. The van der Waals surface area contributed by atoms with Crippen LogP contribution in [0.5, 0.6) is 0 Å². The highest BCUT2D eigenvalue weighted by Crippen LogP contribution is 2.27. The predicted octanol–water partition coefficient (Wildman–Crippen LogP) is 2.36. The highest BCUT2D eigenvalue weighted by Gasteiger charge is 2.37. The molecule has 118 valence electrons. The van der Waals surface area contributed by atoms with Crippen molar-refractivity contribution >= 4 is 0 Å². The van der Waals surface area contributed by atoms with E-state index in [9.17, 15) is 0 Å². The van der Waals surface area contributed by atoms with E-state index in [0.29, 0.717) is 6.04 Å². The molecule has 0 aliphatic carbocycles. The number of hydrogen-bond donors (Lipinski definition) is 1. The Balaban J connectivity index is 2.17. The van der Waals surface area contributed by atoms with E-state index in [-0.39, 0.29) is 5.54 Å². The fourth-order valence-electron chi connectivity index (χ4n) is 3.60. The lowest BCUT2D eigenvalue weighted by atomic mass is 9.85. The van der Waals surface area contributed by atoms with E-state index in [2.05, 4.69) is 61.0 Å². The number of benzene rings is 1. The molecule has 0 saturated carbocycles. The smallest absolute Gasteiger partial charge is 0.0370 e. The largest absolute Gasteiger partial charge is 0.329 e. The van der Waals surface area contributed by atoms with Gasteiger partial charge in [0.1, 0.15) is 0 Å². The molecule has 0 spiro atoms. The van der Waals surface area contributed by atoms with Crippen molar-refractivity contribution in [2.24, 2.45) is 5.73 Å². The molecule has 21 heavy (non-hydrogen) atoms. The molecule has 0 bridgehead atoms. The van der Waals surface area contributed by atoms with E-state index < -0.39 is 0 Å². The van der Waals surface area contributed by atoms with Crippen molar-refractivity contribution < 1.29 is 0 Å². The van der Waals surface area contributed by atoms with E-state index >= 15 is 0 Å². The zero-order valence-electron chi connectivity index (χ0n) is 13.9. The van der Waals surface area contributed by atoms with Gasteiger partial charge in [0, 0.05) is 37.8 Å². The number of nitrogens with zero attached hydrogens (tertiary/aromatic N) is 2. The summed E-state index contributed by atoms with van der Waals surface area (Å²) in [5.74, 6) is 0. The number of piperazine rings is 1. The Bertz CT molecular complexity index is 414. The van der Waals surface area contributed by atoms with Crippen LogP contribution in [-0.2, 0) is 6.42 Å². The molecule has 2 atom stereocenters. The standard InChI is InChI=1S/C18H31N3/c1-4-17-14-21(12-11-20(17)3)18(5-2,15-19)13-16-9-7-6-8-10-16/h6-10,17H,4-5,11-15,19H2,1-3H3. The van der Waals surface area contributed by atoms with Gasteiger partial charge in [0.25, 0.3) is 0 Å². The van der Waals surface area contributed by atoms with Crippen molar-refractivity contribution in [1.29, 1.82) is 0 Å². The zero-order chi connectivity index (χ0) is 15.3. The van der Waals surface area contributed by atoms with Gasteiger partial charge in [-0.2, -0.15) is 0 Å². The summed E-state index contributed by atoms with van der Waals surface area (Å²) in [4.78, 5) is 5.16. The topological polar surface area (TPSA) is 32.5 Å². The van der Waals surface area contributed by atoms with Crippen molar-refractivity contribution in [3.63, 3.8) is 0 Å². The Morgan fingerprint density at radius 2 is 1.90 bits per heavy atom. The lowest BCUT2D eigenvalue weighted by molar-refractivity contribution is 0.00945. The quantitative estimate of drug-likeness (QED) is 0.872. The minimum atomic E-state index is 0.107. The van der Waals surface area contributed by atoms with Gasteiger partial charge in [-0.1, -0.05) is 44.2 Å². The second-order valence-electron chi connectivity index (χ2n) is 6.43. The van der Waals surface area contributed by atoms with Crippen LogP contribution in [0.25, 0.3) is 0 Å². The van der Waals surface area contributed by atoms with Crippen LogP contribution in [0.2, 0.25) is 0 Å². The lowest BCUT2D eigenvalue weighted by Gasteiger charge is -2.49. The first-order valence-electron chi connectivity index (χ1n) is 8.34. The molecule has 1 aromatic rings. The highest BCUT2D eigenvalue weighted by molar-refractivity contribution is 5.18. The maximum Gasteiger partial charge on any atom is 0.0370 e. The summed E-state index contributed by atoms with van der Waals surface area (Å²) in [6.45, 7) is 8.73. The summed E-state index contributed by atoms with van der Waals surface area (Å²) in [5, 5.41) is 0. The average Bonchev–Trinajstić information content (AvgIpc) is 2.54. The Labute approximate surface area is 130 Å². The summed E-state index contributed by atoms with van der Waals surface area (Å²) >= 11 is 0. The molecule has 2 rings (SSSR count). The van der Waals surface area contributed by atoms with E-state index in [4.69, 9.17) is 5.73 Å². The summed E-state index contributed by atoms with van der Waals surface area (Å²) in [5.41, 5.74) is 7.77. The SMILES string of the molecule is CCC1CN(C(CC)(CN)Cc2ccccc2)CCN1C. The molecule has 1 saturated heterocycles. The molecule has 1 aliphatic heterocycles. The minimum absolute atomic E-state index is 0.107. The molecular weight excluding hydrogens is 258 g/mol. The van der Waals surface area contributed by atoms with E-state index in [1.807, 2.05) is 0 Å². The number of likely N-dealkylation sites (N-methyl/N-ethyl adjacent to an activating group) is 1. The molecule has 3 heteroatoms. The van der Waals surface area contributed by atoms with Crippen molar-refractivity contribution in [1.82, 2.24) is 9.80 Å². The predicted molar refractivity (Wildman–Crippen MR) is 90.5 cm³/mol. The van der Waals surface area contributed by atoms with E-state index in [0.717, 1.165) is 39.0 Å². The van der Waals surface area contributed by atoms with Gasteiger partial charge in [0.05, 0.1) is 0 Å². The number of hydrogen-bond acceptors (Lipinski definition) is 3. The molecule has 2 unspecified atom stereocenters. The molecule has 1 aromatic carbocycles. The molecule has 0 amide bonds. The summed E-state index contributed by atoms with van der Waals surface area (Å²) in [6.07, 6.45) is 3.38. The molecule has 0 aromatic heterocycles. The summed E-state index contributed by atoms with van der Waals surface area (Å²) in [6, 6.07) is 11.5. The monoisotopic (exact) mass is 289 g/mol. The minimum Gasteiger partial charge on any atom is -0.329 e. The van der Waals surface area contributed by atoms with E-state index in [1.165, 1.54) is 12.0 Å². The van der Waals surface area contributed by atoms with Crippen LogP contribution in [0, 0.1) is 0 Å². The first kappa shape index (κ1) is 16.5. The molecule has 0 radical (unpaired) electrons. The van der Waals surface area contributed by atoms with Crippen molar-refractivity contribution in [3.8, 4) is 0 Å². The zero-order valence-corrected chi connectivity index (χ0v) is 13.9. The van der Waals surface area contributed by atoms with Crippen molar-refractivity contribution in [2.75, 3.05) is 33.2 Å². The molecule has 1 fully saturated rings. The van der Waals surface area contributed by atoms with Crippen LogP contribution in [-0.4, -0.2) is 54.6 Å². The Morgan fingerprint density at radius 1 is 1.19 bits per heavy atom.